The van der Waals surface area contributed by atoms with Crippen LogP contribution in [0.1, 0.15) is 30.9 Å². The molecule has 2 aromatic rings. The molecule has 0 saturated carbocycles. The average Bonchev–Trinajstić information content (AvgIpc) is 3.53. The fraction of sp³-hybridized carbons (Fsp3) is 0.619. The van der Waals surface area contributed by atoms with Crippen LogP contribution in [0.15, 0.2) is 24.5 Å². The molecule has 3 saturated heterocycles. The molecule has 6 nitrogen and oxygen atoms in total. The first-order chi connectivity index (χ1) is 14.9. The van der Waals surface area contributed by atoms with Gasteiger partial charge in [0.2, 0.25) is 5.91 Å². The normalized spacial score (nSPS) is 23.9. The number of thioether (sulfide) groups is 1. The standard InChI is InChI=1S/C21H26F3N5OS.3ClH/c22-21(23,24)14-1-2-19-17(9-14)26-12-29(19)15-3-5-27(6-4-15)16-10-18(25-11-16)20(30)28-7-8-31-13-28;;;/h1-2,9,12,15-16,18,25H,3-8,10-11,13H2;3*1H/t16-,18-;;;/m0.../s1. The van der Waals surface area contributed by atoms with E-state index in [0.29, 0.717) is 11.6 Å². The van der Waals surface area contributed by atoms with Crippen molar-refractivity contribution in [2.45, 2.75) is 43.6 Å². The highest BCUT2D eigenvalue weighted by Crippen LogP contribution is 2.33. The van der Waals surface area contributed by atoms with Crippen molar-refractivity contribution in [3.63, 3.8) is 0 Å². The number of amides is 1. The first-order valence-corrected chi connectivity index (χ1v) is 11.9. The van der Waals surface area contributed by atoms with E-state index in [0.717, 1.165) is 74.7 Å². The maximum Gasteiger partial charge on any atom is 0.416 e. The Bertz CT molecular complexity index is 965. The summed E-state index contributed by atoms with van der Waals surface area (Å²) in [5.41, 5.74) is 0.479. The van der Waals surface area contributed by atoms with Gasteiger partial charge < -0.3 is 14.8 Å². The van der Waals surface area contributed by atoms with Crippen molar-refractivity contribution in [3.05, 3.63) is 30.1 Å². The summed E-state index contributed by atoms with van der Waals surface area (Å²) in [4.78, 5) is 21.3. The number of benzene rings is 1. The van der Waals surface area contributed by atoms with E-state index in [1.165, 1.54) is 6.07 Å². The third kappa shape index (κ3) is 5.90. The van der Waals surface area contributed by atoms with Gasteiger partial charge in [0.05, 0.1) is 34.8 Å². The van der Waals surface area contributed by atoms with Crippen molar-refractivity contribution in [3.8, 4) is 0 Å². The number of hydrogen-bond acceptors (Lipinski definition) is 5. The fourth-order valence-electron chi connectivity index (χ4n) is 5.02. The molecule has 0 unspecified atom stereocenters. The molecule has 0 spiro atoms. The molecule has 0 bridgehead atoms. The van der Waals surface area contributed by atoms with Crippen LogP contribution in [-0.4, -0.2) is 75.2 Å². The minimum absolute atomic E-state index is 0. The first kappa shape index (κ1) is 29.3. The number of piperidine rings is 1. The molecule has 1 aromatic carbocycles. The molecule has 13 heteroatoms. The van der Waals surface area contributed by atoms with E-state index in [1.807, 2.05) is 9.47 Å². The van der Waals surface area contributed by atoms with Crippen LogP contribution in [0, 0.1) is 0 Å². The molecular formula is C21H29Cl3F3N5OS. The summed E-state index contributed by atoms with van der Waals surface area (Å²) >= 11 is 1.80. The largest absolute Gasteiger partial charge is 0.416 e. The van der Waals surface area contributed by atoms with Crippen LogP contribution in [0.4, 0.5) is 13.2 Å². The molecule has 192 valence electrons. The fourth-order valence-corrected chi connectivity index (χ4v) is 5.98. The Hall–Kier alpha value is -0.910. The third-order valence-electron chi connectivity index (χ3n) is 6.78. The highest BCUT2D eigenvalue weighted by molar-refractivity contribution is 7.99. The van der Waals surface area contributed by atoms with E-state index < -0.39 is 11.7 Å². The van der Waals surface area contributed by atoms with Crippen LogP contribution >= 0.6 is 49.0 Å². The predicted molar refractivity (Wildman–Crippen MR) is 136 cm³/mol. The number of alkyl halides is 3. The van der Waals surface area contributed by atoms with Crippen LogP contribution < -0.4 is 5.32 Å². The zero-order chi connectivity index (χ0) is 21.6. The van der Waals surface area contributed by atoms with Crippen LogP contribution in [-0.2, 0) is 11.0 Å². The lowest BCUT2D eigenvalue weighted by atomic mass is 10.0. The lowest BCUT2D eigenvalue weighted by molar-refractivity contribution is -0.137. The van der Waals surface area contributed by atoms with Crippen molar-refractivity contribution in [1.29, 1.82) is 0 Å². The van der Waals surface area contributed by atoms with Gasteiger partial charge in [0.15, 0.2) is 0 Å². The average molecular weight is 563 g/mol. The summed E-state index contributed by atoms with van der Waals surface area (Å²) in [5, 5.41) is 3.41. The summed E-state index contributed by atoms with van der Waals surface area (Å²) in [6.07, 6.45) is 0.00409. The molecule has 0 aliphatic carbocycles. The van der Waals surface area contributed by atoms with Gasteiger partial charge in [0.25, 0.3) is 0 Å². The number of hydrogen-bond donors (Lipinski definition) is 1. The Morgan fingerprint density at radius 3 is 2.47 bits per heavy atom. The van der Waals surface area contributed by atoms with Gasteiger partial charge in [-0.05, 0) is 37.5 Å². The van der Waals surface area contributed by atoms with Crippen LogP contribution in [0.2, 0.25) is 0 Å². The summed E-state index contributed by atoms with van der Waals surface area (Å²) < 4.78 is 40.9. The van der Waals surface area contributed by atoms with E-state index in [1.54, 1.807) is 18.1 Å². The molecule has 3 aliphatic rings. The topological polar surface area (TPSA) is 53.4 Å². The number of carbonyl (C=O) groups excluding carboxylic acids is 1. The molecule has 5 rings (SSSR count). The van der Waals surface area contributed by atoms with Gasteiger partial charge in [-0.25, -0.2) is 4.98 Å². The Morgan fingerprint density at radius 2 is 1.82 bits per heavy atom. The highest BCUT2D eigenvalue weighted by atomic mass is 35.5. The summed E-state index contributed by atoms with van der Waals surface area (Å²) in [5.74, 6) is 2.05. The van der Waals surface area contributed by atoms with Gasteiger partial charge >= 0.3 is 6.18 Å². The molecular weight excluding hydrogens is 534 g/mol. The maximum absolute atomic E-state index is 13.0. The number of nitrogens with zero attached hydrogens (tertiary/aromatic N) is 4. The molecule has 2 atom stereocenters. The number of nitrogens with one attached hydrogen (secondary N) is 1. The van der Waals surface area contributed by atoms with Gasteiger partial charge in [-0.15, -0.1) is 49.0 Å². The molecule has 0 radical (unpaired) electrons. The van der Waals surface area contributed by atoms with E-state index in [9.17, 15) is 18.0 Å². The number of imidazole rings is 1. The highest BCUT2D eigenvalue weighted by Gasteiger charge is 2.37. The summed E-state index contributed by atoms with van der Waals surface area (Å²) in [6.45, 7) is 3.51. The molecule has 1 N–H and O–H groups in total. The van der Waals surface area contributed by atoms with Crippen LogP contribution in [0.3, 0.4) is 0 Å². The minimum atomic E-state index is -4.36. The summed E-state index contributed by atoms with van der Waals surface area (Å²) in [7, 11) is 0. The summed E-state index contributed by atoms with van der Waals surface area (Å²) in [6, 6.07) is 4.30. The predicted octanol–water partition coefficient (Wildman–Crippen LogP) is 4.22. The van der Waals surface area contributed by atoms with E-state index >= 15 is 0 Å². The second kappa shape index (κ2) is 11.9. The van der Waals surface area contributed by atoms with Crippen LogP contribution in [0.5, 0.6) is 0 Å². The zero-order valence-electron chi connectivity index (χ0n) is 18.4. The second-order valence-electron chi connectivity index (χ2n) is 8.61. The monoisotopic (exact) mass is 561 g/mol. The van der Waals surface area contributed by atoms with Crippen molar-refractivity contribution >= 4 is 65.9 Å². The van der Waals surface area contributed by atoms with E-state index in [4.69, 9.17) is 0 Å². The van der Waals surface area contributed by atoms with Crippen molar-refractivity contribution < 1.29 is 18.0 Å². The van der Waals surface area contributed by atoms with Crippen molar-refractivity contribution in [2.24, 2.45) is 0 Å². The molecule has 1 amide bonds. The number of carbonyl (C=O) groups is 1. The molecule has 1 aromatic heterocycles. The zero-order valence-corrected chi connectivity index (χ0v) is 21.6. The Labute approximate surface area is 219 Å². The molecule has 4 heterocycles. The van der Waals surface area contributed by atoms with Crippen LogP contribution in [0.25, 0.3) is 11.0 Å². The Kier molecular flexibility index (Phi) is 10.2. The number of halogens is 6. The van der Waals surface area contributed by atoms with Gasteiger partial charge in [-0.3, -0.25) is 9.69 Å². The van der Waals surface area contributed by atoms with Gasteiger partial charge in [-0.1, -0.05) is 0 Å². The Balaban J connectivity index is 0.00000136. The second-order valence-corrected chi connectivity index (χ2v) is 9.68. The number of rotatable bonds is 3. The maximum atomic E-state index is 13.0. The van der Waals surface area contributed by atoms with Gasteiger partial charge in [0, 0.05) is 44.0 Å². The molecule has 34 heavy (non-hydrogen) atoms. The van der Waals surface area contributed by atoms with Gasteiger partial charge in [-0.2, -0.15) is 13.2 Å². The van der Waals surface area contributed by atoms with Gasteiger partial charge in [0.1, 0.15) is 0 Å². The van der Waals surface area contributed by atoms with Crippen molar-refractivity contribution in [2.75, 3.05) is 37.8 Å². The lowest BCUT2D eigenvalue weighted by Crippen LogP contribution is -2.43. The first-order valence-electron chi connectivity index (χ1n) is 10.8. The Morgan fingerprint density at radius 1 is 1.09 bits per heavy atom. The number of aromatic nitrogens is 2. The van der Waals surface area contributed by atoms with E-state index in [2.05, 4.69) is 15.2 Å². The number of likely N-dealkylation sites (tertiary alicyclic amines) is 1. The number of fused-ring (bicyclic) bond motifs is 1. The minimum Gasteiger partial charge on any atom is -0.331 e. The molecule has 3 fully saturated rings. The lowest BCUT2D eigenvalue weighted by Gasteiger charge is -2.36. The third-order valence-corrected chi connectivity index (χ3v) is 7.75. The quantitative estimate of drug-likeness (QED) is 0.607. The van der Waals surface area contributed by atoms with E-state index in [-0.39, 0.29) is 55.2 Å². The SMILES string of the molecule is Cl.Cl.Cl.O=C([C@@H]1C[C@H](N2CCC(n3cnc4cc(C(F)(F)F)ccc43)CC2)CN1)N1CCSC1. The van der Waals surface area contributed by atoms with Crippen molar-refractivity contribution in [1.82, 2.24) is 24.7 Å². The molecule has 3 aliphatic heterocycles. The smallest absolute Gasteiger partial charge is 0.331 e.